The van der Waals surface area contributed by atoms with E-state index in [4.69, 9.17) is 5.73 Å². The van der Waals surface area contributed by atoms with Gasteiger partial charge >= 0.3 is 0 Å². The first-order valence-corrected chi connectivity index (χ1v) is 6.96. The monoisotopic (exact) mass is 295 g/mol. The van der Waals surface area contributed by atoms with Gasteiger partial charge in [-0.15, -0.1) is 0 Å². The average molecular weight is 296 g/mol. The molecule has 0 heterocycles. The van der Waals surface area contributed by atoms with Crippen LogP contribution in [-0.2, 0) is 0 Å². The molecular formula is C14H18BrNO. The maximum atomic E-state index is 12.3. The van der Waals surface area contributed by atoms with Gasteiger partial charge in [-0.05, 0) is 37.0 Å². The Kier molecular flexibility index (Phi) is 3.87. The van der Waals surface area contributed by atoms with Crippen molar-refractivity contribution >= 4 is 27.4 Å². The molecule has 0 amide bonds. The third kappa shape index (κ3) is 3.09. The van der Waals surface area contributed by atoms with Crippen molar-refractivity contribution in [3.05, 3.63) is 28.2 Å². The molecule has 0 saturated heterocycles. The lowest BCUT2D eigenvalue weighted by Crippen LogP contribution is -2.21. The molecule has 1 saturated carbocycles. The van der Waals surface area contributed by atoms with Crippen molar-refractivity contribution in [2.45, 2.75) is 32.6 Å². The molecule has 0 aliphatic heterocycles. The summed E-state index contributed by atoms with van der Waals surface area (Å²) < 4.78 is 0.880. The number of anilines is 1. The second-order valence-corrected chi connectivity index (χ2v) is 6.01. The fourth-order valence-corrected chi connectivity index (χ4v) is 3.02. The van der Waals surface area contributed by atoms with Crippen molar-refractivity contribution in [2.24, 2.45) is 11.8 Å². The van der Waals surface area contributed by atoms with Crippen LogP contribution in [0.2, 0.25) is 0 Å². The third-order valence-corrected chi connectivity index (χ3v) is 4.05. The summed E-state index contributed by atoms with van der Waals surface area (Å²) in [4.78, 5) is 12.3. The molecule has 2 rings (SSSR count). The Labute approximate surface area is 111 Å². The standard InChI is InChI=1S/C14H18BrNO/c1-9-2-4-10(5-3-9)14(17)11-6-12(15)8-13(16)7-11/h6-10H,2-5,16H2,1H3. The smallest absolute Gasteiger partial charge is 0.166 e. The zero-order chi connectivity index (χ0) is 12.4. The minimum atomic E-state index is 0.194. The normalized spacial score (nSPS) is 24.6. The number of Topliss-reactive ketones (excluding diaryl/α,β-unsaturated/α-hetero) is 1. The Morgan fingerprint density at radius 1 is 1.24 bits per heavy atom. The summed E-state index contributed by atoms with van der Waals surface area (Å²) in [7, 11) is 0. The SMILES string of the molecule is CC1CCC(C(=O)c2cc(N)cc(Br)c2)CC1. The van der Waals surface area contributed by atoms with Gasteiger partial charge in [0, 0.05) is 21.6 Å². The van der Waals surface area contributed by atoms with E-state index in [2.05, 4.69) is 22.9 Å². The van der Waals surface area contributed by atoms with Gasteiger partial charge in [-0.2, -0.15) is 0 Å². The van der Waals surface area contributed by atoms with Crippen molar-refractivity contribution < 1.29 is 4.79 Å². The topological polar surface area (TPSA) is 43.1 Å². The van der Waals surface area contributed by atoms with Crippen molar-refractivity contribution in [1.82, 2.24) is 0 Å². The largest absolute Gasteiger partial charge is 0.399 e. The zero-order valence-electron chi connectivity index (χ0n) is 10.1. The molecule has 0 bridgehead atoms. The van der Waals surface area contributed by atoms with Crippen LogP contribution >= 0.6 is 15.9 Å². The van der Waals surface area contributed by atoms with Crippen molar-refractivity contribution in [1.29, 1.82) is 0 Å². The molecule has 1 aliphatic rings. The Morgan fingerprint density at radius 2 is 1.88 bits per heavy atom. The Morgan fingerprint density at radius 3 is 2.47 bits per heavy atom. The number of nitrogens with two attached hydrogens (primary N) is 1. The molecule has 0 atom stereocenters. The molecule has 3 heteroatoms. The molecule has 17 heavy (non-hydrogen) atoms. The summed E-state index contributed by atoms with van der Waals surface area (Å²) in [6.07, 6.45) is 4.37. The van der Waals surface area contributed by atoms with Crippen molar-refractivity contribution in [3.63, 3.8) is 0 Å². The molecule has 1 aromatic carbocycles. The Bertz CT molecular complexity index is 402. The molecule has 0 aromatic heterocycles. The number of benzene rings is 1. The highest BCUT2D eigenvalue weighted by Gasteiger charge is 2.25. The summed E-state index contributed by atoms with van der Waals surface area (Å²) in [5.41, 5.74) is 7.16. The first-order valence-electron chi connectivity index (χ1n) is 6.16. The second-order valence-electron chi connectivity index (χ2n) is 5.09. The van der Waals surface area contributed by atoms with E-state index < -0.39 is 0 Å². The number of nitrogen functional groups attached to an aromatic ring is 1. The Hall–Kier alpha value is -0.830. The van der Waals surface area contributed by atoms with Gasteiger partial charge in [-0.3, -0.25) is 4.79 Å². The van der Waals surface area contributed by atoms with E-state index in [1.165, 1.54) is 12.8 Å². The lowest BCUT2D eigenvalue weighted by molar-refractivity contribution is 0.0875. The van der Waals surface area contributed by atoms with Gasteiger partial charge in [0.2, 0.25) is 0 Å². The number of hydrogen-bond donors (Lipinski definition) is 1. The van der Waals surface area contributed by atoms with Gasteiger partial charge in [0.25, 0.3) is 0 Å². The highest BCUT2D eigenvalue weighted by Crippen LogP contribution is 2.31. The van der Waals surface area contributed by atoms with Crippen molar-refractivity contribution in [3.8, 4) is 0 Å². The second kappa shape index (κ2) is 5.21. The maximum absolute atomic E-state index is 12.3. The number of halogens is 1. The van der Waals surface area contributed by atoms with Crippen LogP contribution < -0.4 is 5.73 Å². The van der Waals surface area contributed by atoms with Crippen LogP contribution in [0.1, 0.15) is 43.0 Å². The van der Waals surface area contributed by atoms with E-state index in [-0.39, 0.29) is 11.7 Å². The highest BCUT2D eigenvalue weighted by atomic mass is 79.9. The summed E-state index contributed by atoms with van der Waals surface area (Å²) in [5, 5.41) is 0. The van der Waals surface area contributed by atoms with Crippen LogP contribution in [0.25, 0.3) is 0 Å². The minimum Gasteiger partial charge on any atom is -0.399 e. The van der Waals surface area contributed by atoms with E-state index in [0.29, 0.717) is 5.69 Å². The molecule has 2 nitrogen and oxygen atoms in total. The highest BCUT2D eigenvalue weighted by molar-refractivity contribution is 9.10. The summed E-state index contributed by atoms with van der Waals surface area (Å²) in [5.74, 6) is 1.22. The number of carbonyl (C=O) groups is 1. The molecule has 0 spiro atoms. The van der Waals surface area contributed by atoms with Gasteiger partial charge in [0.1, 0.15) is 0 Å². The molecule has 1 aliphatic carbocycles. The first-order chi connectivity index (χ1) is 8.06. The summed E-state index contributed by atoms with van der Waals surface area (Å²) in [6, 6.07) is 5.47. The molecule has 2 N–H and O–H groups in total. The van der Waals surface area contributed by atoms with E-state index in [1.807, 2.05) is 12.1 Å². The van der Waals surface area contributed by atoms with Crippen LogP contribution in [0.4, 0.5) is 5.69 Å². The zero-order valence-corrected chi connectivity index (χ0v) is 11.7. The minimum absolute atomic E-state index is 0.194. The van der Waals surface area contributed by atoms with Crippen molar-refractivity contribution in [2.75, 3.05) is 5.73 Å². The quantitative estimate of drug-likeness (QED) is 0.661. The molecule has 0 unspecified atom stereocenters. The van der Waals surface area contributed by atoms with Crippen LogP contribution in [0.5, 0.6) is 0 Å². The molecule has 1 fully saturated rings. The van der Waals surface area contributed by atoms with E-state index in [1.54, 1.807) is 6.07 Å². The predicted molar refractivity (Wildman–Crippen MR) is 74.0 cm³/mol. The average Bonchev–Trinajstić information content (AvgIpc) is 2.28. The van der Waals surface area contributed by atoms with Gasteiger partial charge < -0.3 is 5.73 Å². The molecule has 92 valence electrons. The molecule has 0 radical (unpaired) electrons. The molecule has 1 aromatic rings. The number of carbonyl (C=O) groups excluding carboxylic acids is 1. The Balaban J connectivity index is 2.14. The third-order valence-electron chi connectivity index (χ3n) is 3.59. The number of rotatable bonds is 2. The first kappa shape index (κ1) is 12.6. The van der Waals surface area contributed by atoms with Crippen LogP contribution in [-0.4, -0.2) is 5.78 Å². The lowest BCUT2D eigenvalue weighted by atomic mass is 9.79. The van der Waals surface area contributed by atoms with E-state index >= 15 is 0 Å². The number of hydrogen-bond acceptors (Lipinski definition) is 2. The number of ketones is 1. The van der Waals surface area contributed by atoms with Crippen LogP contribution in [0.3, 0.4) is 0 Å². The molecular weight excluding hydrogens is 278 g/mol. The lowest BCUT2D eigenvalue weighted by Gasteiger charge is -2.25. The predicted octanol–water partition coefficient (Wildman–Crippen LogP) is 4.04. The maximum Gasteiger partial charge on any atom is 0.166 e. The fraction of sp³-hybridized carbons (Fsp3) is 0.500. The van der Waals surface area contributed by atoms with Gasteiger partial charge in [-0.1, -0.05) is 35.7 Å². The van der Waals surface area contributed by atoms with Gasteiger partial charge in [-0.25, -0.2) is 0 Å². The van der Waals surface area contributed by atoms with E-state index in [9.17, 15) is 4.79 Å². The van der Waals surface area contributed by atoms with E-state index in [0.717, 1.165) is 28.8 Å². The van der Waals surface area contributed by atoms with Gasteiger partial charge in [0.05, 0.1) is 0 Å². The fourth-order valence-electron chi connectivity index (χ4n) is 2.51. The van der Waals surface area contributed by atoms with Gasteiger partial charge in [0.15, 0.2) is 5.78 Å². The summed E-state index contributed by atoms with van der Waals surface area (Å²) in [6.45, 7) is 2.26. The van der Waals surface area contributed by atoms with Crippen LogP contribution in [0.15, 0.2) is 22.7 Å². The van der Waals surface area contributed by atoms with Crippen LogP contribution in [0, 0.1) is 11.8 Å². The summed E-state index contributed by atoms with van der Waals surface area (Å²) >= 11 is 3.38.